The van der Waals surface area contributed by atoms with Crippen molar-refractivity contribution in [2.45, 2.75) is 83.8 Å². The largest absolute Gasteiger partial charge is 0.461 e. The zero-order valence-electron chi connectivity index (χ0n) is 19.2. The third-order valence-electron chi connectivity index (χ3n) is 9.25. The Morgan fingerprint density at radius 2 is 1.97 bits per heavy atom. The summed E-state index contributed by atoms with van der Waals surface area (Å²) >= 11 is 0. The van der Waals surface area contributed by atoms with Crippen molar-refractivity contribution < 1.29 is 19.4 Å². The van der Waals surface area contributed by atoms with Crippen molar-refractivity contribution in [3.8, 4) is 0 Å². The molecule has 4 aliphatic rings. The number of carbonyl (C=O) groups excluding carboxylic acids is 2. The third-order valence-corrected chi connectivity index (χ3v) is 9.25. The highest BCUT2D eigenvalue weighted by molar-refractivity contribution is 5.92. The second-order valence-corrected chi connectivity index (χ2v) is 11.1. The Morgan fingerprint density at radius 1 is 1.20 bits per heavy atom. The number of fused-ring (bicyclic) bond motifs is 5. The van der Waals surface area contributed by atoms with Crippen molar-refractivity contribution in [1.82, 2.24) is 4.90 Å². The van der Waals surface area contributed by atoms with Gasteiger partial charge in [0.2, 0.25) is 0 Å². The van der Waals surface area contributed by atoms with Gasteiger partial charge in [-0.25, -0.2) is 0 Å². The van der Waals surface area contributed by atoms with Crippen LogP contribution in [0.25, 0.3) is 0 Å². The van der Waals surface area contributed by atoms with Gasteiger partial charge in [0.15, 0.2) is 5.78 Å². The van der Waals surface area contributed by atoms with Crippen LogP contribution < -0.4 is 0 Å². The quantitative estimate of drug-likeness (QED) is 0.690. The lowest BCUT2D eigenvalue weighted by molar-refractivity contribution is -0.166. The Hall–Kier alpha value is -1.20. The predicted molar refractivity (Wildman–Crippen MR) is 116 cm³/mol. The van der Waals surface area contributed by atoms with E-state index < -0.39 is 0 Å². The zero-order chi connectivity index (χ0) is 21.7. The number of ketones is 1. The number of aliphatic hydroxyl groups is 1. The smallest absolute Gasteiger partial charge is 0.306 e. The lowest BCUT2D eigenvalue weighted by Gasteiger charge is -2.59. The lowest BCUT2D eigenvalue weighted by atomic mass is 9.46. The topological polar surface area (TPSA) is 66.8 Å². The first kappa shape index (κ1) is 22.0. The highest BCUT2D eigenvalue weighted by Gasteiger charge is 2.61. The van der Waals surface area contributed by atoms with Gasteiger partial charge in [-0.2, -0.15) is 0 Å². The summed E-state index contributed by atoms with van der Waals surface area (Å²) in [5, 5.41) is 10.7. The maximum atomic E-state index is 12.6. The SMILES string of the molecule is CN(C)CCCC(=O)OC1CC(=O)C=C2CC[C@H]3[C@@H]4CC[C@H](O)[C@@]4(C)CC[C@@H]3[C@]21C. The molecule has 0 bridgehead atoms. The normalized spacial score (nSPS) is 42.9. The van der Waals surface area contributed by atoms with Gasteiger partial charge in [-0.15, -0.1) is 0 Å². The van der Waals surface area contributed by atoms with E-state index in [2.05, 4.69) is 18.7 Å². The molecule has 1 N–H and O–H groups in total. The highest BCUT2D eigenvalue weighted by Crippen LogP contribution is 2.65. The summed E-state index contributed by atoms with van der Waals surface area (Å²) in [4.78, 5) is 27.2. The molecule has 7 atom stereocenters. The standard InChI is InChI=1S/C25H39NO4/c1-24-12-11-20-18(19(24)9-10-21(24)28)8-7-16-14-17(27)15-22(25(16,20)2)30-23(29)6-5-13-26(3)4/h14,18-22,28H,5-13,15H2,1-4H3/t18-,19-,20-,21-,22?,24-,25-/m0/s1. The summed E-state index contributed by atoms with van der Waals surface area (Å²) < 4.78 is 6.05. The highest BCUT2D eigenvalue weighted by atomic mass is 16.5. The van der Waals surface area contributed by atoms with Crippen molar-refractivity contribution >= 4 is 11.8 Å². The Morgan fingerprint density at radius 3 is 2.70 bits per heavy atom. The molecule has 0 radical (unpaired) electrons. The number of hydrogen-bond acceptors (Lipinski definition) is 5. The molecular weight excluding hydrogens is 378 g/mol. The predicted octanol–water partition coefficient (Wildman–Crippen LogP) is 3.74. The van der Waals surface area contributed by atoms with Gasteiger partial charge in [-0.05, 0) is 94.8 Å². The van der Waals surface area contributed by atoms with Crippen LogP contribution in [0.15, 0.2) is 11.6 Å². The molecule has 4 rings (SSSR count). The number of hydrogen-bond donors (Lipinski definition) is 1. The number of carbonyl (C=O) groups is 2. The fraction of sp³-hybridized carbons (Fsp3) is 0.840. The second-order valence-electron chi connectivity index (χ2n) is 11.1. The van der Waals surface area contributed by atoms with Gasteiger partial charge in [0.1, 0.15) is 6.10 Å². The number of rotatable bonds is 5. The van der Waals surface area contributed by atoms with E-state index in [9.17, 15) is 14.7 Å². The Labute approximate surface area is 181 Å². The maximum absolute atomic E-state index is 12.6. The van der Waals surface area contributed by atoms with Gasteiger partial charge < -0.3 is 14.7 Å². The molecule has 0 aromatic rings. The van der Waals surface area contributed by atoms with Crippen LogP contribution in [0.3, 0.4) is 0 Å². The number of nitrogens with zero attached hydrogens (tertiary/aromatic N) is 1. The molecule has 30 heavy (non-hydrogen) atoms. The summed E-state index contributed by atoms with van der Waals surface area (Å²) in [5.74, 6) is 1.44. The van der Waals surface area contributed by atoms with Gasteiger partial charge in [-0.1, -0.05) is 19.4 Å². The van der Waals surface area contributed by atoms with Crippen LogP contribution in [0.5, 0.6) is 0 Å². The summed E-state index contributed by atoms with van der Waals surface area (Å²) in [6.45, 7) is 5.40. The first-order valence-corrected chi connectivity index (χ1v) is 11.9. The Bertz CT molecular complexity index is 731. The Kier molecular flexibility index (Phi) is 5.91. The number of aliphatic hydroxyl groups excluding tert-OH is 1. The minimum atomic E-state index is -0.347. The fourth-order valence-electron chi connectivity index (χ4n) is 7.48. The van der Waals surface area contributed by atoms with Crippen molar-refractivity contribution in [2.75, 3.05) is 20.6 Å². The maximum Gasteiger partial charge on any atom is 0.306 e. The molecule has 3 saturated carbocycles. The van der Waals surface area contributed by atoms with Crippen LogP contribution in [-0.2, 0) is 14.3 Å². The van der Waals surface area contributed by atoms with Gasteiger partial charge in [-0.3, -0.25) is 9.59 Å². The molecule has 5 heteroatoms. The molecule has 4 aliphatic carbocycles. The molecule has 0 aliphatic heterocycles. The molecule has 0 amide bonds. The van der Waals surface area contributed by atoms with E-state index in [1.54, 1.807) is 0 Å². The summed E-state index contributed by atoms with van der Waals surface area (Å²) in [7, 11) is 4.00. The molecule has 168 valence electrons. The van der Waals surface area contributed by atoms with E-state index in [1.165, 1.54) is 5.57 Å². The number of ether oxygens (including phenoxy) is 1. The monoisotopic (exact) mass is 417 g/mol. The molecule has 0 aromatic heterocycles. The molecule has 0 aromatic carbocycles. The van der Waals surface area contributed by atoms with Crippen LogP contribution in [0.2, 0.25) is 0 Å². The van der Waals surface area contributed by atoms with Crippen LogP contribution in [-0.4, -0.2) is 54.6 Å². The summed E-state index contributed by atoms with van der Waals surface area (Å²) in [5.41, 5.74) is 0.984. The van der Waals surface area contributed by atoms with Crippen molar-refractivity contribution in [3.63, 3.8) is 0 Å². The van der Waals surface area contributed by atoms with E-state index in [0.29, 0.717) is 30.6 Å². The van der Waals surface area contributed by atoms with Crippen LogP contribution in [0.4, 0.5) is 0 Å². The zero-order valence-corrected chi connectivity index (χ0v) is 19.2. The van der Waals surface area contributed by atoms with Crippen LogP contribution >= 0.6 is 0 Å². The van der Waals surface area contributed by atoms with Crippen LogP contribution in [0, 0.1) is 28.6 Å². The third kappa shape index (κ3) is 3.56. The number of esters is 1. The van der Waals surface area contributed by atoms with E-state index in [-0.39, 0.29) is 34.8 Å². The molecule has 3 fully saturated rings. The Balaban J connectivity index is 1.56. The molecule has 5 nitrogen and oxygen atoms in total. The molecule has 0 spiro atoms. The van der Waals surface area contributed by atoms with Gasteiger partial charge >= 0.3 is 5.97 Å². The fourth-order valence-corrected chi connectivity index (χ4v) is 7.48. The summed E-state index contributed by atoms with van der Waals surface area (Å²) in [6.07, 6.45) is 8.91. The van der Waals surface area contributed by atoms with Crippen molar-refractivity contribution in [1.29, 1.82) is 0 Å². The summed E-state index contributed by atoms with van der Waals surface area (Å²) in [6, 6.07) is 0. The minimum Gasteiger partial charge on any atom is -0.461 e. The van der Waals surface area contributed by atoms with Gasteiger partial charge in [0.05, 0.1) is 6.10 Å². The average Bonchev–Trinajstić information content (AvgIpc) is 2.97. The molecule has 0 heterocycles. The molecule has 1 unspecified atom stereocenters. The first-order chi connectivity index (χ1) is 14.2. The average molecular weight is 418 g/mol. The van der Waals surface area contributed by atoms with E-state index in [0.717, 1.165) is 51.5 Å². The van der Waals surface area contributed by atoms with Crippen molar-refractivity contribution in [2.24, 2.45) is 28.6 Å². The minimum absolute atomic E-state index is 0.0293. The lowest BCUT2D eigenvalue weighted by Crippen LogP contribution is -2.56. The van der Waals surface area contributed by atoms with E-state index >= 15 is 0 Å². The second kappa shape index (κ2) is 8.05. The van der Waals surface area contributed by atoms with Gasteiger partial charge in [0.25, 0.3) is 0 Å². The van der Waals surface area contributed by atoms with Crippen molar-refractivity contribution in [3.05, 3.63) is 11.6 Å². The van der Waals surface area contributed by atoms with E-state index in [1.807, 2.05) is 20.2 Å². The van der Waals surface area contributed by atoms with E-state index in [4.69, 9.17) is 4.74 Å². The van der Waals surface area contributed by atoms with Gasteiger partial charge in [0, 0.05) is 18.3 Å². The van der Waals surface area contributed by atoms with Crippen LogP contribution in [0.1, 0.15) is 71.6 Å². The molecule has 0 saturated heterocycles. The molecular formula is C25H39NO4. The first-order valence-electron chi connectivity index (χ1n) is 11.9.